The highest BCUT2D eigenvalue weighted by atomic mass is 16.5. The Morgan fingerprint density at radius 2 is 2.18 bits per heavy atom. The van der Waals surface area contributed by atoms with E-state index in [1.54, 1.807) is 0 Å². The molecule has 1 atom stereocenters. The Morgan fingerprint density at radius 1 is 1.41 bits per heavy atom. The van der Waals surface area contributed by atoms with Crippen molar-refractivity contribution >= 4 is 11.9 Å². The van der Waals surface area contributed by atoms with Gasteiger partial charge in [0.05, 0.1) is 18.8 Å². The zero-order chi connectivity index (χ0) is 15.8. The second kappa shape index (κ2) is 7.84. The van der Waals surface area contributed by atoms with Crippen LogP contribution in [0.3, 0.4) is 0 Å². The van der Waals surface area contributed by atoms with Crippen molar-refractivity contribution in [1.82, 2.24) is 15.3 Å². The zero-order valence-corrected chi connectivity index (χ0v) is 12.7. The molecule has 2 rings (SSSR count). The fourth-order valence-electron chi connectivity index (χ4n) is 2.26. The second-order valence-corrected chi connectivity index (χ2v) is 5.31. The first-order valence-corrected chi connectivity index (χ1v) is 7.50. The van der Waals surface area contributed by atoms with Crippen LogP contribution in [0, 0.1) is 0 Å². The molecule has 22 heavy (non-hydrogen) atoms. The third-order valence-corrected chi connectivity index (χ3v) is 3.54. The van der Waals surface area contributed by atoms with Crippen molar-refractivity contribution in [3.8, 4) is 0 Å². The molecule has 0 bridgehead atoms. The van der Waals surface area contributed by atoms with Gasteiger partial charge in [-0.2, -0.15) is 0 Å². The third-order valence-electron chi connectivity index (χ3n) is 3.54. The molecule has 0 aliphatic carbocycles. The number of rotatable bonds is 6. The van der Waals surface area contributed by atoms with Crippen molar-refractivity contribution in [3.63, 3.8) is 0 Å². The van der Waals surface area contributed by atoms with Gasteiger partial charge in [-0.3, -0.25) is 4.79 Å². The molecule has 1 unspecified atom stereocenters. The Morgan fingerprint density at radius 3 is 2.82 bits per heavy atom. The van der Waals surface area contributed by atoms with Gasteiger partial charge in [0, 0.05) is 19.0 Å². The second-order valence-electron chi connectivity index (χ2n) is 5.31. The topological polar surface area (TPSA) is 90.4 Å². The van der Waals surface area contributed by atoms with E-state index in [4.69, 9.17) is 9.47 Å². The maximum Gasteiger partial charge on any atom is 0.334 e. The summed E-state index contributed by atoms with van der Waals surface area (Å²) in [4.78, 5) is 32.3. The normalized spacial score (nSPS) is 21.1. The molecule has 1 saturated heterocycles. The molecule has 2 heterocycles. The van der Waals surface area contributed by atoms with Gasteiger partial charge in [0.25, 0.3) is 5.91 Å². The molecule has 1 aliphatic rings. The highest BCUT2D eigenvalue weighted by Gasteiger charge is 2.43. The highest BCUT2D eigenvalue weighted by molar-refractivity contribution is 5.97. The minimum absolute atomic E-state index is 0.122. The fourth-order valence-corrected chi connectivity index (χ4v) is 2.26. The third kappa shape index (κ3) is 4.00. The van der Waals surface area contributed by atoms with Gasteiger partial charge >= 0.3 is 5.97 Å². The molecule has 1 fully saturated rings. The van der Waals surface area contributed by atoms with Crippen molar-refractivity contribution in [1.29, 1.82) is 0 Å². The molecule has 0 spiro atoms. The van der Waals surface area contributed by atoms with E-state index >= 15 is 0 Å². The largest absolute Gasteiger partial charge is 0.464 e. The summed E-state index contributed by atoms with van der Waals surface area (Å²) < 4.78 is 10.7. The molecule has 0 saturated carbocycles. The molecule has 1 N–H and O–H groups in total. The van der Waals surface area contributed by atoms with E-state index in [1.807, 2.05) is 6.92 Å². The number of ether oxygens (including phenoxy) is 2. The van der Waals surface area contributed by atoms with Crippen molar-refractivity contribution < 1.29 is 19.1 Å². The molecule has 1 aliphatic heterocycles. The number of nitrogens with zero attached hydrogens (tertiary/aromatic N) is 2. The average Bonchev–Trinajstić information content (AvgIpc) is 2.56. The SMILES string of the molecule is CCCCOC(=O)C1(NC(=O)c2cncnc2)CCCOC1. The molecule has 1 aromatic heterocycles. The molecule has 7 heteroatoms. The summed E-state index contributed by atoms with van der Waals surface area (Å²) in [5, 5.41) is 2.76. The van der Waals surface area contributed by atoms with Crippen LogP contribution in [0.1, 0.15) is 43.0 Å². The molecule has 1 amide bonds. The monoisotopic (exact) mass is 307 g/mol. The number of carbonyl (C=O) groups excluding carboxylic acids is 2. The summed E-state index contributed by atoms with van der Waals surface area (Å²) in [6.07, 6.45) is 7.07. The van der Waals surface area contributed by atoms with Crippen molar-refractivity contribution in [3.05, 3.63) is 24.3 Å². The Balaban J connectivity index is 2.08. The van der Waals surface area contributed by atoms with Crippen molar-refractivity contribution in [2.24, 2.45) is 0 Å². The van der Waals surface area contributed by atoms with Crippen LogP contribution in [-0.4, -0.2) is 47.2 Å². The van der Waals surface area contributed by atoms with Crippen LogP contribution in [0.4, 0.5) is 0 Å². The Hall–Kier alpha value is -2.02. The van der Waals surface area contributed by atoms with Crippen LogP contribution in [0.25, 0.3) is 0 Å². The van der Waals surface area contributed by atoms with Crippen LogP contribution in [0.2, 0.25) is 0 Å². The predicted molar refractivity (Wildman–Crippen MR) is 78.1 cm³/mol. The first-order chi connectivity index (χ1) is 10.7. The van der Waals surface area contributed by atoms with Gasteiger partial charge in [-0.1, -0.05) is 13.3 Å². The number of aromatic nitrogens is 2. The number of unbranched alkanes of at least 4 members (excludes halogenated alkanes) is 1. The number of amides is 1. The predicted octanol–water partition coefficient (Wildman–Crippen LogP) is 1.10. The maximum absolute atomic E-state index is 12.4. The molecule has 0 aromatic carbocycles. The van der Waals surface area contributed by atoms with Crippen molar-refractivity contribution in [2.75, 3.05) is 19.8 Å². The number of hydrogen-bond acceptors (Lipinski definition) is 6. The summed E-state index contributed by atoms with van der Waals surface area (Å²) in [5.74, 6) is -0.843. The average molecular weight is 307 g/mol. The lowest BCUT2D eigenvalue weighted by molar-refractivity contribution is -0.157. The standard InChI is InChI=1S/C15H21N3O4/c1-2-3-7-22-14(20)15(5-4-6-21-10-15)18-13(19)12-8-16-11-17-9-12/h8-9,11H,2-7,10H2,1H3,(H,18,19). The molecule has 120 valence electrons. The smallest absolute Gasteiger partial charge is 0.334 e. The lowest BCUT2D eigenvalue weighted by atomic mass is 9.92. The lowest BCUT2D eigenvalue weighted by Gasteiger charge is -2.35. The molecule has 1 aromatic rings. The van der Waals surface area contributed by atoms with Gasteiger partial charge < -0.3 is 14.8 Å². The first kappa shape index (κ1) is 16.4. The van der Waals surface area contributed by atoms with Crippen LogP contribution in [0.15, 0.2) is 18.7 Å². The van der Waals surface area contributed by atoms with E-state index in [9.17, 15) is 9.59 Å². The Kier molecular flexibility index (Phi) is 5.83. The van der Waals surface area contributed by atoms with Gasteiger partial charge in [0.2, 0.25) is 0 Å². The van der Waals surface area contributed by atoms with Gasteiger partial charge in [-0.25, -0.2) is 14.8 Å². The van der Waals surface area contributed by atoms with Crippen molar-refractivity contribution in [2.45, 2.75) is 38.1 Å². The summed E-state index contributed by atoms with van der Waals surface area (Å²) in [5.41, 5.74) is -0.826. The van der Waals surface area contributed by atoms with Crippen LogP contribution in [-0.2, 0) is 14.3 Å². The quantitative estimate of drug-likeness (QED) is 0.625. The van der Waals surface area contributed by atoms with Crippen LogP contribution < -0.4 is 5.32 Å². The first-order valence-electron chi connectivity index (χ1n) is 7.50. The zero-order valence-electron chi connectivity index (χ0n) is 12.7. The van der Waals surface area contributed by atoms with Gasteiger partial charge in [0.15, 0.2) is 5.54 Å². The molecular formula is C15H21N3O4. The maximum atomic E-state index is 12.4. The highest BCUT2D eigenvalue weighted by Crippen LogP contribution is 2.22. The van der Waals surface area contributed by atoms with E-state index in [0.717, 1.165) is 12.8 Å². The molecule has 7 nitrogen and oxygen atoms in total. The van der Waals surface area contributed by atoms with Gasteiger partial charge in [0.1, 0.15) is 6.33 Å². The lowest BCUT2D eigenvalue weighted by Crippen LogP contribution is -2.60. The van der Waals surface area contributed by atoms with E-state index in [1.165, 1.54) is 18.7 Å². The number of hydrogen-bond donors (Lipinski definition) is 1. The molecule has 0 radical (unpaired) electrons. The van der Waals surface area contributed by atoms with E-state index in [2.05, 4.69) is 15.3 Å². The number of nitrogens with one attached hydrogen (secondary N) is 1. The number of carbonyl (C=O) groups is 2. The summed E-state index contributed by atoms with van der Waals surface area (Å²) in [6.45, 7) is 3.07. The summed E-state index contributed by atoms with van der Waals surface area (Å²) in [7, 11) is 0. The fraction of sp³-hybridized carbons (Fsp3) is 0.600. The Bertz CT molecular complexity index is 501. The van der Waals surface area contributed by atoms with Gasteiger partial charge in [-0.05, 0) is 19.3 Å². The van der Waals surface area contributed by atoms with E-state index in [0.29, 0.717) is 31.6 Å². The van der Waals surface area contributed by atoms with Gasteiger partial charge in [-0.15, -0.1) is 0 Å². The van der Waals surface area contributed by atoms with Crippen LogP contribution in [0.5, 0.6) is 0 Å². The molecular weight excluding hydrogens is 286 g/mol. The number of esters is 1. The van der Waals surface area contributed by atoms with E-state index < -0.39 is 17.4 Å². The summed E-state index contributed by atoms with van der Waals surface area (Å²) in [6, 6.07) is 0. The van der Waals surface area contributed by atoms with Crippen LogP contribution >= 0.6 is 0 Å². The minimum atomic E-state index is -1.13. The van der Waals surface area contributed by atoms with E-state index in [-0.39, 0.29) is 6.61 Å². The Labute approximate surface area is 129 Å². The summed E-state index contributed by atoms with van der Waals surface area (Å²) >= 11 is 0. The minimum Gasteiger partial charge on any atom is -0.464 e.